The zero-order valence-corrected chi connectivity index (χ0v) is 15.7. The van der Waals surface area contributed by atoms with Crippen molar-refractivity contribution in [3.8, 4) is 11.4 Å². The van der Waals surface area contributed by atoms with Crippen LogP contribution in [0, 0.1) is 5.82 Å². The number of imidazole rings is 1. The maximum atomic E-state index is 13.7. The van der Waals surface area contributed by atoms with Crippen molar-refractivity contribution in [1.82, 2.24) is 9.55 Å². The molecule has 4 rings (SSSR count). The zero-order valence-electron chi connectivity index (χ0n) is 14.9. The molecule has 4 aromatic rings. The molecular weight excluding hydrogens is 361 g/mol. The van der Waals surface area contributed by atoms with Crippen molar-refractivity contribution in [3.05, 3.63) is 77.6 Å². The normalized spacial score (nSPS) is 11.1. The van der Waals surface area contributed by atoms with E-state index in [1.165, 1.54) is 6.07 Å². The number of benzene rings is 3. The van der Waals surface area contributed by atoms with Crippen molar-refractivity contribution in [1.29, 1.82) is 0 Å². The molecule has 1 aromatic heterocycles. The average Bonchev–Trinajstić information content (AvgIpc) is 3.02. The van der Waals surface area contributed by atoms with Gasteiger partial charge in [0.2, 0.25) is 0 Å². The number of hydrogen-bond acceptors (Lipinski definition) is 2. The van der Waals surface area contributed by atoms with Gasteiger partial charge in [0.05, 0.1) is 11.0 Å². The van der Waals surface area contributed by atoms with Crippen molar-refractivity contribution in [2.75, 3.05) is 5.32 Å². The Hall–Kier alpha value is -2.85. The lowest BCUT2D eigenvalue weighted by atomic mass is 10.2. The second kappa shape index (κ2) is 7.41. The third-order valence-electron chi connectivity index (χ3n) is 4.43. The summed E-state index contributed by atoms with van der Waals surface area (Å²) in [6.07, 6.45) is 0.950. The van der Waals surface area contributed by atoms with E-state index in [0.29, 0.717) is 5.02 Å². The topological polar surface area (TPSA) is 29.9 Å². The van der Waals surface area contributed by atoms with Crippen molar-refractivity contribution in [2.45, 2.75) is 19.9 Å². The fourth-order valence-corrected chi connectivity index (χ4v) is 3.29. The molecule has 0 atom stereocenters. The molecule has 0 bridgehead atoms. The number of aromatic nitrogens is 2. The Kier molecular flexibility index (Phi) is 4.82. The van der Waals surface area contributed by atoms with Gasteiger partial charge in [0, 0.05) is 28.5 Å². The highest BCUT2D eigenvalue weighted by molar-refractivity contribution is 6.30. The van der Waals surface area contributed by atoms with Crippen LogP contribution in [0.5, 0.6) is 0 Å². The standard InChI is InChI=1S/C22H19ClFN3/c1-2-13-27-21-14-17(24)7-12-20(21)26-22(27)15-3-8-18(9-4-15)25-19-10-5-16(23)6-11-19/h3-12,14,25H,2,13H2,1H3. The Morgan fingerprint density at radius 1 is 0.963 bits per heavy atom. The molecule has 3 nitrogen and oxygen atoms in total. The molecule has 0 radical (unpaired) electrons. The van der Waals surface area contributed by atoms with Crippen LogP contribution in [-0.4, -0.2) is 9.55 Å². The van der Waals surface area contributed by atoms with Crippen LogP contribution in [0.2, 0.25) is 5.02 Å². The van der Waals surface area contributed by atoms with Crippen LogP contribution < -0.4 is 5.32 Å². The second-order valence-corrected chi connectivity index (χ2v) is 6.87. The Morgan fingerprint density at radius 3 is 2.30 bits per heavy atom. The predicted molar refractivity (Wildman–Crippen MR) is 110 cm³/mol. The van der Waals surface area contributed by atoms with Gasteiger partial charge in [0.15, 0.2) is 0 Å². The zero-order chi connectivity index (χ0) is 18.8. The van der Waals surface area contributed by atoms with E-state index in [-0.39, 0.29) is 5.82 Å². The number of rotatable bonds is 5. The van der Waals surface area contributed by atoms with E-state index in [1.807, 2.05) is 48.5 Å². The summed E-state index contributed by atoms with van der Waals surface area (Å²) in [5.74, 6) is 0.615. The van der Waals surface area contributed by atoms with E-state index in [1.54, 1.807) is 12.1 Å². The fraction of sp³-hybridized carbons (Fsp3) is 0.136. The van der Waals surface area contributed by atoms with Gasteiger partial charge in [-0.25, -0.2) is 9.37 Å². The van der Waals surface area contributed by atoms with Gasteiger partial charge in [-0.2, -0.15) is 0 Å². The second-order valence-electron chi connectivity index (χ2n) is 6.43. The van der Waals surface area contributed by atoms with E-state index in [2.05, 4.69) is 16.8 Å². The number of fused-ring (bicyclic) bond motifs is 1. The first-order valence-electron chi connectivity index (χ1n) is 8.93. The summed E-state index contributed by atoms with van der Waals surface area (Å²) in [6, 6.07) is 20.4. The SMILES string of the molecule is CCCn1c(-c2ccc(Nc3ccc(Cl)cc3)cc2)nc2ccc(F)cc21. The predicted octanol–water partition coefficient (Wildman–Crippen LogP) is 6.65. The minimum Gasteiger partial charge on any atom is -0.356 e. The molecule has 0 saturated carbocycles. The minimum atomic E-state index is -0.242. The van der Waals surface area contributed by atoms with Crippen LogP contribution in [-0.2, 0) is 6.54 Å². The summed E-state index contributed by atoms with van der Waals surface area (Å²) < 4.78 is 15.8. The molecule has 0 unspecified atom stereocenters. The molecule has 3 aromatic carbocycles. The van der Waals surface area contributed by atoms with E-state index >= 15 is 0 Å². The smallest absolute Gasteiger partial charge is 0.141 e. The fourth-order valence-electron chi connectivity index (χ4n) is 3.17. The van der Waals surface area contributed by atoms with Gasteiger partial charge in [-0.3, -0.25) is 0 Å². The summed E-state index contributed by atoms with van der Waals surface area (Å²) in [4.78, 5) is 4.73. The quantitative estimate of drug-likeness (QED) is 0.420. The van der Waals surface area contributed by atoms with E-state index in [0.717, 1.165) is 46.8 Å². The number of halogens is 2. The van der Waals surface area contributed by atoms with Gasteiger partial charge in [0.25, 0.3) is 0 Å². The van der Waals surface area contributed by atoms with Crippen molar-refractivity contribution in [3.63, 3.8) is 0 Å². The molecule has 0 fully saturated rings. The first kappa shape index (κ1) is 17.6. The van der Waals surface area contributed by atoms with Gasteiger partial charge in [0.1, 0.15) is 11.6 Å². The van der Waals surface area contributed by atoms with Crippen molar-refractivity contribution < 1.29 is 4.39 Å². The van der Waals surface area contributed by atoms with Gasteiger partial charge in [-0.1, -0.05) is 18.5 Å². The highest BCUT2D eigenvalue weighted by Crippen LogP contribution is 2.28. The van der Waals surface area contributed by atoms with Gasteiger partial charge < -0.3 is 9.88 Å². The molecule has 1 N–H and O–H groups in total. The van der Waals surface area contributed by atoms with E-state index in [4.69, 9.17) is 16.6 Å². The molecule has 0 aliphatic heterocycles. The third kappa shape index (κ3) is 3.67. The van der Waals surface area contributed by atoms with Crippen LogP contribution in [0.25, 0.3) is 22.4 Å². The largest absolute Gasteiger partial charge is 0.356 e. The molecule has 0 amide bonds. The van der Waals surface area contributed by atoms with Crippen LogP contribution in [0.4, 0.5) is 15.8 Å². The first-order chi connectivity index (χ1) is 13.1. The number of anilines is 2. The third-order valence-corrected chi connectivity index (χ3v) is 4.69. The number of nitrogens with zero attached hydrogens (tertiary/aromatic N) is 2. The van der Waals surface area contributed by atoms with Crippen molar-refractivity contribution in [2.24, 2.45) is 0 Å². The van der Waals surface area contributed by atoms with Gasteiger partial charge in [-0.15, -0.1) is 0 Å². The summed E-state index contributed by atoms with van der Waals surface area (Å²) in [5, 5.41) is 4.06. The van der Waals surface area contributed by atoms with Crippen molar-refractivity contribution >= 4 is 34.0 Å². The van der Waals surface area contributed by atoms with Gasteiger partial charge >= 0.3 is 0 Å². The van der Waals surface area contributed by atoms with Crippen LogP contribution >= 0.6 is 11.6 Å². The summed E-state index contributed by atoms with van der Waals surface area (Å²) >= 11 is 5.93. The molecule has 0 aliphatic rings. The molecule has 0 spiro atoms. The molecular formula is C22H19ClFN3. The Bertz CT molecular complexity index is 1070. The number of nitrogens with one attached hydrogen (secondary N) is 1. The number of hydrogen-bond donors (Lipinski definition) is 1. The monoisotopic (exact) mass is 379 g/mol. The summed E-state index contributed by atoms with van der Waals surface area (Å²) in [5.41, 5.74) is 4.59. The molecule has 0 saturated heterocycles. The minimum absolute atomic E-state index is 0.242. The molecule has 1 heterocycles. The molecule has 0 aliphatic carbocycles. The maximum Gasteiger partial charge on any atom is 0.141 e. The summed E-state index contributed by atoms with van der Waals surface area (Å²) in [6.45, 7) is 2.90. The highest BCUT2D eigenvalue weighted by atomic mass is 35.5. The van der Waals surface area contributed by atoms with Crippen LogP contribution in [0.15, 0.2) is 66.7 Å². The molecule has 27 heavy (non-hydrogen) atoms. The Labute approximate surface area is 162 Å². The van der Waals surface area contributed by atoms with E-state index in [9.17, 15) is 4.39 Å². The van der Waals surface area contributed by atoms with Gasteiger partial charge in [-0.05, 0) is 73.2 Å². The van der Waals surface area contributed by atoms with Crippen LogP contribution in [0.1, 0.15) is 13.3 Å². The lowest BCUT2D eigenvalue weighted by molar-refractivity contribution is 0.627. The highest BCUT2D eigenvalue weighted by Gasteiger charge is 2.13. The number of aryl methyl sites for hydroxylation is 1. The summed E-state index contributed by atoms with van der Waals surface area (Å²) in [7, 11) is 0. The lowest BCUT2D eigenvalue weighted by Gasteiger charge is -2.10. The average molecular weight is 380 g/mol. The first-order valence-corrected chi connectivity index (χ1v) is 9.30. The Balaban J connectivity index is 1.67. The lowest BCUT2D eigenvalue weighted by Crippen LogP contribution is -2.00. The molecule has 136 valence electrons. The Morgan fingerprint density at radius 2 is 1.63 bits per heavy atom. The molecule has 5 heteroatoms. The van der Waals surface area contributed by atoms with E-state index < -0.39 is 0 Å². The maximum absolute atomic E-state index is 13.7. The van der Waals surface area contributed by atoms with Crippen LogP contribution in [0.3, 0.4) is 0 Å².